The molecule has 0 radical (unpaired) electrons. The lowest BCUT2D eigenvalue weighted by Gasteiger charge is -2.30. The van der Waals surface area contributed by atoms with Crippen LogP contribution in [-0.4, -0.2) is 20.9 Å². The molecule has 5 nitrogen and oxygen atoms in total. The summed E-state index contributed by atoms with van der Waals surface area (Å²) in [5.74, 6) is -0.401. The van der Waals surface area contributed by atoms with Crippen LogP contribution in [0.4, 0.5) is 11.4 Å². The topological polar surface area (TPSA) is 66.5 Å². The van der Waals surface area contributed by atoms with Crippen LogP contribution in [0.5, 0.6) is 0 Å². The Hall–Kier alpha value is -1.76. The molecule has 1 aliphatic heterocycles. The van der Waals surface area contributed by atoms with E-state index in [-0.39, 0.29) is 21.5 Å². The van der Waals surface area contributed by atoms with E-state index in [1.165, 1.54) is 18.2 Å². The highest BCUT2D eigenvalue weighted by molar-refractivity contribution is 7.92. The molecule has 3 rings (SSSR count). The first-order valence-corrected chi connectivity index (χ1v) is 8.46. The monoisotopic (exact) mass is 356 g/mol. The van der Waals surface area contributed by atoms with E-state index in [0.717, 1.165) is 4.31 Å². The molecule has 1 N–H and O–H groups in total. The van der Waals surface area contributed by atoms with Crippen molar-refractivity contribution in [3.63, 3.8) is 0 Å². The Bertz CT molecular complexity index is 868. The Balaban J connectivity index is 2.13. The van der Waals surface area contributed by atoms with E-state index in [9.17, 15) is 13.2 Å². The van der Waals surface area contributed by atoms with Gasteiger partial charge in [-0.3, -0.25) is 9.10 Å². The number of sulfonamides is 1. The molecule has 0 saturated carbocycles. The highest BCUT2D eigenvalue weighted by atomic mass is 35.5. The lowest BCUT2D eigenvalue weighted by atomic mass is 10.2. The molecule has 2 aromatic rings. The van der Waals surface area contributed by atoms with E-state index in [2.05, 4.69) is 5.32 Å². The van der Waals surface area contributed by atoms with Gasteiger partial charge in [0.1, 0.15) is 6.54 Å². The summed E-state index contributed by atoms with van der Waals surface area (Å²) < 4.78 is 26.7. The molecule has 22 heavy (non-hydrogen) atoms. The quantitative estimate of drug-likeness (QED) is 0.898. The number of benzene rings is 2. The molecule has 2 aromatic carbocycles. The van der Waals surface area contributed by atoms with Crippen LogP contribution in [0.25, 0.3) is 0 Å². The summed E-state index contributed by atoms with van der Waals surface area (Å²) in [4.78, 5) is 11.7. The molecule has 0 bridgehead atoms. The number of carbonyl (C=O) groups excluding carboxylic acids is 1. The maximum atomic E-state index is 12.8. The average Bonchev–Trinajstić information content (AvgIpc) is 2.49. The fourth-order valence-electron chi connectivity index (χ4n) is 2.18. The predicted molar refractivity (Wildman–Crippen MR) is 86.1 cm³/mol. The zero-order valence-corrected chi connectivity index (χ0v) is 13.4. The van der Waals surface area contributed by atoms with Gasteiger partial charge in [0.05, 0.1) is 26.3 Å². The van der Waals surface area contributed by atoms with E-state index < -0.39 is 15.9 Å². The van der Waals surface area contributed by atoms with Crippen molar-refractivity contribution in [3.05, 3.63) is 52.5 Å². The van der Waals surface area contributed by atoms with E-state index in [1.54, 1.807) is 24.3 Å². The van der Waals surface area contributed by atoms with Crippen LogP contribution >= 0.6 is 23.2 Å². The number of anilines is 2. The molecule has 8 heteroatoms. The Morgan fingerprint density at radius 3 is 2.50 bits per heavy atom. The van der Waals surface area contributed by atoms with E-state index >= 15 is 0 Å². The molecular formula is C14H10Cl2N2O3S. The van der Waals surface area contributed by atoms with Gasteiger partial charge in [0, 0.05) is 0 Å². The van der Waals surface area contributed by atoms with Crippen LogP contribution in [0.3, 0.4) is 0 Å². The van der Waals surface area contributed by atoms with Crippen molar-refractivity contribution in [1.29, 1.82) is 0 Å². The summed E-state index contributed by atoms with van der Waals surface area (Å²) >= 11 is 11.7. The number of hydrogen-bond donors (Lipinski definition) is 1. The summed E-state index contributed by atoms with van der Waals surface area (Å²) in [6, 6.07) is 10.7. The maximum Gasteiger partial charge on any atom is 0.264 e. The zero-order valence-electron chi connectivity index (χ0n) is 11.1. The molecule has 0 fully saturated rings. The fraction of sp³-hybridized carbons (Fsp3) is 0.0714. The number of nitrogens with zero attached hydrogens (tertiary/aromatic N) is 1. The second-order valence-electron chi connectivity index (χ2n) is 4.65. The minimum Gasteiger partial charge on any atom is -0.323 e. The van der Waals surface area contributed by atoms with Crippen LogP contribution in [0, 0.1) is 0 Å². The van der Waals surface area contributed by atoms with E-state index in [0.29, 0.717) is 11.4 Å². The van der Waals surface area contributed by atoms with E-state index in [1.807, 2.05) is 0 Å². The van der Waals surface area contributed by atoms with Crippen LogP contribution in [0.2, 0.25) is 10.0 Å². The minimum atomic E-state index is -3.92. The van der Waals surface area contributed by atoms with Crippen molar-refractivity contribution in [2.45, 2.75) is 4.90 Å². The third-order valence-corrected chi connectivity index (χ3v) is 5.71. The van der Waals surface area contributed by atoms with Crippen molar-refractivity contribution >= 4 is 50.5 Å². The summed E-state index contributed by atoms with van der Waals surface area (Å²) in [6.45, 7) is -0.292. The van der Waals surface area contributed by atoms with Crippen molar-refractivity contribution < 1.29 is 13.2 Å². The average molecular weight is 357 g/mol. The van der Waals surface area contributed by atoms with Gasteiger partial charge in [-0.05, 0) is 30.3 Å². The highest BCUT2D eigenvalue weighted by Gasteiger charge is 2.32. The number of amides is 1. The Labute approximate surface area is 137 Å². The van der Waals surface area contributed by atoms with Gasteiger partial charge in [-0.2, -0.15) is 0 Å². The first-order chi connectivity index (χ1) is 10.4. The number of hydrogen-bond acceptors (Lipinski definition) is 3. The molecular weight excluding hydrogens is 347 g/mol. The van der Waals surface area contributed by atoms with Gasteiger partial charge in [-0.15, -0.1) is 0 Å². The predicted octanol–water partition coefficient (Wildman–Crippen LogP) is 3.14. The van der Waals surface area contributed by atoms with Crippen molar-refractivity contribution in [2.24, 2.45) is 0 Å². The number of rotatable bonds is 2. The molecule has 0 saturated heterocycles. The smallest absolute Gasteiger partial charge is 0.264 e. The molecule has 1 heterocycles. The standard InChI is InChI=1S/C14H10Cl2N2O3S/c15-10-6-5-9(7-11(10)16)22(20,21)18-8-14(19)17-12-3-1-2-4-13(12)18/h1-7H,8H2,(H,17,19). The molecule has 1 amide bonds. The van der Waals surface area contributed by atoms with Gasteiger partial charge >= 0.3 is 0 Å². The number of carbonyl (C=O) groups is 1. The first kappa shape index (κ1) is 15.1. The summed E-state index contributed by atoms with van der Waals surface area (Å²) in [6.07, 6.45) is 0. The Kier molecular flexibility index (Phi) is 3.76. The van der Waals surface area contributed by atoms with Crippen LogP contribution in [0.15, 0.2) is 47.4 Å². The van der Waals surface area contributed by atoms with Crippen LogP contribution in [-0.2, 0) is 14.8 Å². The number of nitrogens with one attached hydrogen (secondary N) is 1. The molecule has 0 unspecified atom stereocenters. The lowest BCUT2D eigenvalue weighted by Crippen LogP contribution is -2.42. The molecule has 1 aliphatic rings. The molecule has 0 aliphatic carbocycles. The zero-order chi connectivity index (χ0) is 15.9. The number of halogens is 2. The van der Waals surface area contributed by atoms with Gasteiger partial charge in [-0.1, -0.05) is 35.3 Å². The lowest BCUT2D eigenvalue weighted by molar-refractivity contribution is -0.115. The third-order valence-electron chi connectivity index (χ3n) is 3.21. The molecule has 0 aromatic heterocycles. The Morgan fingerprint density at radius 2 is 1.77 bits per heavy atom. The number of para-hydroxylation sites is 2. The maximum absolute atomic E-state index is 12.8. The van der Waals surface area contributed by atoms with Crippen LogP contribution < -0.4 is 9.62 Å². The first-order valence-electron chi connectivity index (χ1n) is 6.26. The summed E-state index contributed by atoms with van der Waals surface area (Å²) in [5.41, 5.74) is 0.857. The normalized spacial score (nSPS) is 14.5. The second-order valence-corrected chi connectivity index (χ2v) is 7.33. The van der Waals surface area contributed by atoms with Crippen molar-refractivity contribution in [3.8, 4) is 0 Å². The number of fused-ring (bicyclic) bond motifs is 1. The van der Waals surface area contributed by atoms with Crippen molar-refractivity contribution in [1.82, 2.24) is 0 Å². The molecule has 0 spiro atoms. The third kappa shape index (κ3) is 2.54. The SMILES string of the molecule is O=C1CN(S(=O)(=O)c2ccc(Cl)c(Cl)c2)c2ccccc2N1. The fourth-order valence-corrected chi connectivity index (χ4v) is 4.01. The summed E-state index contributed by atoms with van der Waals surface area (Å²) in [5, 5.41) is 3.04. The van der Waals surface area contributed by atoms with Gasteiger partial charge in [0.15, 0.2) is 0 Å². The minimum absolute atomic E-state index is 0.0218. The van der Waals surface area contributed by atoms with Gasteiger partial charge in [-0.25, -0.2) is 8.42 Å². The highest BCUT2D eigenvalue weighted by Crippen LogP contribution is 2.34. The Morgan fingerprint density at radius 1 is 1.05 bits per heavy atom. The van der Waals surface area contributed by atoms with Gasteiger partial charge in [0.2, 0.25) is 5.91 Å². The largest absolute Gasteiger partial charge is 0.323 e. The van der Waals surface area contributed by atoms with Crippen molar-refractivity contribution in [2.75, 3.05) is 16.2 Å². The summed E-state index contributed by atoms with van der Waals surface area (Å²) in [7, 11) is -3.92. The van der Waals surface area contributed by atoms with Gasteiger partial charge < -0.3 is 5.32 Å². The van der Waals surface area contributed by atoms with Crippen LogP contribution in [0.1, 0.15) is 0 Å². The van der Waals surface area contributed by atoms with Gasteiger partial charge in [0.25, 0.3) is 10.0 Å². The molecule has 0 atom stereocenters. The second kappa shape index (κ2) is 5.46. The molecule has 114 valence electrons. The van der Waals surface area contributed by atoms with E-state index in [4.69, 9.17) is 23.2 Å².